The van der Waals surface area contributed by atoms with E-state index in [0.29, 0.717) is 0 Å². The van der Waals surface area contributed by atoms with E-state index in [1.165, 1.54) is 10.5 Å². The van der Waals surface area contributed by atoms with E-state index in [0.717, 1.165) is 17.9 Å². The van der Waals surface area contributed by atoms with Crippen molar-refractivity contribution in [3.63, 3.8) is 0 Å². The van der Waals surface area contributed by atoms with Gasteiger partial charge < -0.3 is 4.42 Å². The summed E-state index contributed by atoms with van der Waals surface area (Å²) in [7, 11) is 0. The molecule has 0 amide bonds. The second kappa shape index (κ2) is 5.08. The summed E-state index contributed by atoms with van der Waals surface area (Å²) in [6, 6.07) is 12.6. The highest BCUT2D eigenvalue weighted by Crippen LogP contribution is 2.23. The Bertz CT molecular complexity index is 405. The number of benzene rings is 1. The van der Waals surface area contributed by atoms with Crippen molar-refractivity contribution in [3.05, 3.63) is 54.0 Å². The average Bonchev–Trinajstić information content (AvgIpc) is 2.66. The van der Waals surface area contributed by atoms with Crippen LogP contribution in [0, 0.1) is 6.92 Å². The fraction of sp³-hybridized carbons (Fsp3) is 0.231. The normalized spacial score (nSPS) is 10.5. The lowest BCUT2D eigenvalue weighted by molar-refractivity contribution is 0.527. The van der Waals surface area contributed by atoms with E-state index in [9.17, 15) is 0 Å². The number of hydrogen-bond acceptors (Lipinski definition) is 2. The Kier molecular flexibility index (Phi) is 3.51. The van der Waals surface area contributed by atoms with Gasteiger partial charge in [-0.1, -0.05) is 30.3 Å². The third kappa shape index (κ3) is 2.90. The molecule has 2 heteroatoms. The van der Waals surface area contributed by atoms with Crippen molar-refractivity contribution < 1.29 is 4.42 Å². The number of rotatable bonds is 4. The molecule has 1 nitrogen and oxygen atoms in total. The Hall–Kier alpha value is -1.15. The summed E-state index contributed by atoms with van der Waals surface area (Å²) in [5.74, 6) is 2.12. The molecular formula is C13H14OS. The van der Waals surface area contributed by atoms with Gasteiger partial charge in [-0.2, -0.15) is 0 Å². The molecule has 0 saturated heterocycles. The summed E-state index contributed by atoms with van der Waals surface area (Å²) in [5.41, 5.74) is 1.39. The second-order valence-electron chi connectivity index (χ2n) is 3.43. The minimum atomic E-state index is 1.02. The molecule has 0 bridgehead atoms. The molecule has 1 heterocycles. The van der Waals surface area contributed by atoms with E-state index in [2.05, 4.69) is 30.3 Å². The molecule has 0 N–H and O–H groups in total. The summed E-state index contributed by atoms with van der Waals surface area (Å²) in [6.07, 6.45) is 2.86. The van der Waals surface area contributed by atoms with E-state index in [4.69, 9.17) is 4.42 Å². The van der Waals surface area contributed by atoms with E-state index >= 15 is 0 Å². The molecule has 0 saturated carbocycles. The van der Waals surface area contributed by atoms with Gasteiger partial charge in [0.05, 0.1) is 6.26 Å². The molecule has 0 aliphatic heterocycles. The van der Waals surface area contributed by atoms with Crippen LogP contribution < -0.4 is 0 Å². The lowest BCUT2D eigenvalue weighted by Gasteiger charge is -2.00. The van der Waals surface area contributed by atoms with Crippen molar-refractivity contribution in [1.82, 2.24) is 0 Å². The van der Waals surface area contributed by atoms with Crippen LogP contribution in [0.3, 0.4) is 0 Å². The van der Waals surface area contributed by atoms with E-state index in [1.807, 2.05) is 24.8 Å². The predicted octanol–water partition coefficient (Wildman–Crippen LogP) is 3.92. The molecule has 0 radical (unpaired) electrons. The lowest BCUT2D eigenvalue weighted by Crippen LogP contribution is -1.87. The summed E-state index contributed by atoms with van der Waals surface area (Å²) in [4.78, 5) is 1.26. The number of thioether (sulfide) groups is 1. The summed E-state index contributed by atoms with van der Waals surface area (Å²) < 4.78 is 5.25. The van der Waals surface area contributed by atoms with Crippen LogP contribution in [-0.4, -0.2) is 5.75 Å². The SMILES string of the molecule is Cc1occc1SCCc1ccccc1. The number of aryl methyl sites for hydroxylation is 2. The van der Waals surface area contributed by atoms with Crippen LogP contribution >= 0.6 is 11.8 Å². The van der Waals surface area contributed by atoms with Gasteiger partial charge in [0.2, 0.25) is 0 Å². The van der Waals surface area contributed by atoms with Crippen molar-refractivity contribution >= 4 is 11.8 Å². The van der Waals surface area contributed by atoms with Gasteiger partial charge in [0.25, 0.3) is 0 Å². The van der Waals surface area contributed by atoms with Gasteiger partial charge in [0.15, 0.2) is 0 Å². The van der Waals surface area contributed by atoms with Gasteiger partial charge in [-0.25, -0.2) is 0 Å². The van der Waals surface area contributed by atoms with Crippen molar-refractivity contribution in [2.24, 2.45) is 0 Å². The molecule has 1 aromatic heterocycles. The molecule has 15 heavy (non-hydrogen) atoms. The Morgan fingerprint density at radius 2 is 1.93 bits per heavy atom. The highest BCUT2D eigenvalue weighted by molar-refractivity contribution is 7.99. The molecular weight excluding hydrogens is 204 g/mol. The standard InChI is InChI=1S/C13H14OS/c1-11-13(7-9-14-11)15-10-8-12-5-3-2-4-6-12/h2-7,9H,8,10H2,1H3. The van der Waals surface area contributed by atoms with E-state index < -0.39 is 0 Å². The quantitative estimate of drug-likeness (QED) is 0.721. The fourth-order valence-electron chi connectivity index (χ4n) is 1.45. The molecule has 1 aromatic carbocycles. The monoisotopic (exact) mass is 218 g/mol. The van der Waals surface area contributed by atoms with Crippen LogP contribution in [0.5, 0.6) is 0 Å². The number of hydrogen-bond donors (Lipinski definition) is 0. The maximum Gasteiger partial charge on any atom is 0.114 e. The molecule has 2 aromatic rings. The zero-order chi connectivity index (χ0) is 10.5. The van der Waals surface area contributed by atoms with Crippen LogP contribution in [0.25, 0.3) is 0 Å². The summed E-state index contributed by atoms with van der Waals surface area (Å²) >= 11 is 1.85. The first kappa shape index (κ1) is 10.4. The van der Waals surface area contributed by atoms with Gasteiger partial charge in [0.1, 0.15) is 5.76 Å². The number of furan rings is 1. The largest absolute Gasteiger partial charge is 0.468 e. The third-order valence-electron chi connectivity index (χ3n) is 2.30. The first-order valence-corrected chi connectivity index (χ1v) is 6.05. The minimum Gasteiger partial charge on any atom is -0.468 e. The van der Waals surface area contributed by atoms with Crippen LogP contribution in [0.2, 0.25) is 0 Å². The molecule has 0 fully saturated rings. The zero-order valence-electron chi connectivity index (χ0n) is 8.77. The molecule has 0 unspecified atom stereocenters. The fourth-order valence-corrected chi connectivity index (χ4v) is 2.41. The Morgan fingerprint density at radius 1 is 1.13 bits per heavy atom. The maximum absolute atomic E-state index is 5.25. The molecule has 0 spiro atoms. The second-order valence-corrected chi connectivity index (χ2v) is 4.56. The van der Waals surface area contributed by atoms with E-state index in [1.54, 1.807) is 6.26 Å². The molecule has 78 valence electrons. The first-order valence-electron chi connectivity index (χ1n) is 5.07. The molecule has 0 aliphatic carbocycles. The highest BCUT2D eigenvalue weighted by Gasteiger charge is 2.01. The van der Waals surface area contributed by atoms with Crippen molar-refractivity contribution in [1.29, 1.82) is 0 Å². The summed E-state index contributed by atoms with van der Waals surface area (Å²) in [6.45, 7) is 2.00. The van der Waals surface area contributed by atoms with Gasteiger partial charge >= 0.3 is 0 Å². The average molecular weight is 218 g/mol. The van der Waals surface area contributed by atoms with Gasteiger partial charge in [-0.15, -0.1) is 11.8 Å². The Morgan fingerprint density at radius 3 is 2.60 bits per heavy atom. The van der Waals surface area contributed by atoms with Crippen molar-refractivity contribution in [2.75, 3.05) is 5.75 Å². The topological polar surface area (TPSA) is 13.1 Å². The van der Waals surface area contributed by atoms with Crippen LogP contribution in [-0.2, 0) is 6.42 Å². The Balaban J connectivity index is 1.83. The summed E-state index contributed by atoms with van der Waals surface area (Å²) in [5, 5.41) is 0. The molecule has 2 rings (SSSR count). The molecule has 0 aliphatic rings. The highest BCUT2D eigenvalue weighted by atomic mass is 32.2. The smallest absolute Gasteiger partial charge is 0.114 e. The minimum absolute atomic E-state index is 1.02. The maximum atomic E-state index is 5.25. The third-order valence-corrected chi connectivity index (χ3v) is 3.45. The van der Waals surface area contributed by atoms with Crippen molar-refractivity contribution in [2.45, 2.75) is 18.2 Å². The Labute approximate surface area is 94.5 Å². The van der Waals surface area contributed by atoms with Gasteiger partial charge in [-0.05, 0) is 25.0 Å². The first-order chi connectivity index (χ1) is 7.36. The van der Waals surface area contributed by atoms with Crippen LogP contribution in [0.1, 0.15) is 11.3 Å². The zero-order valence-corrected chi connectivity index (χ0v) is 9.59. The van der Waals surface area contributed by atoms with Gasteiger partial charge in [-0.3, -0.25) is 0 Å². The van der Waals surface area contributed by atoms with Crippen molar-refractivity contribution in [3.8, 4) is 0 Å². The van der Waals surface area contributed by atoms with Crippen LogP contribution in [0.15, 0.2) is 52.0 Å². The van der Waals surface area contributed by atoms with Gasteiger partial charge in [0, 0.05) is 10.6 Å². The molecule has 0 atom stereocenters. The predicted molar refractivity (Wildman–Crippen MR) is 64.3 cm³/mol. The van der Waals surface area contributed by atoms with Crippen LogP contribution in [0.4, 0.5) is 0 Å². The van der Waals surface area contributed by atoms with E-state index in [-0.39, 0.29) is 0 Å². The lowest BCUT2D eigenvalue weighted by atomic mass is 10.2.